The summed E-state index contributed by atoms with van der Waals surface area (Å²) in [4.78, 5) is 15.9. The van der Waals surface area contributed by atoms with Gasteiger partial charge in [0.05, 0.1) is 6.42 Å². The summed E-state index contributed by atoms with van der Waals surface area (Å²) in [5.41, 5.74) is 0.466. The fraction of sp³-hybridized carbons (Fsp3) is 0.400. The topological polar surface area (TPSA) is 65.6 Å². The Morgan fingerprint density at radius 2 is 2.31 bits per heavy atom. The molecule has 0 spiro atoms. The number of hydrogen-bond acceptors (Lipinski definition) is 4. The number of aryl methyl sites for hydroxylation is 2. The lowest BCUT2D eigenvalue weighted by atomic mass is 10.2. The van der Waals surface area contributed by atoms with Crippen LogP contribution >= 0.6 is 0 Å². The first-order chi connectivity index (χ1) is 7.70. The molecule has 0 aromatic carbocycles. The van der Waals surface area contributed by atoms with Crippen LogP contribution in [0.1, 0.15) is 23.2 Å². The average molecular weight is 219 g/mol. The van der Waals surface area contributed by atoms with Crippen LogP contribution in [0.3, 0.4) is 0 Å². The van der Waals surface area contributed by atoms with E-state index < -0.39 is 0 Å². The van der Waals surface area contributed by atoms with Gasteiger partial charge in [0.2, 0.25) is 0 Å². The van der Waals surface area contributed by atoms with Crippen molar-refractivity contribution >= 4 is 5.78 Å². The summed E-state index contributed by atoms with van der Waals surface area (Å²) >= 11 is 0. The Morgan fingerprint density at radius 1 is 1.50 bits per heavy atom. The third-order valence-corrected chi connectivity index (χ3v) is 2.31. The fourth-order valence-electron chi connectivity index (χ4n) is 1.49. The lowest BCUT2D eigenvalue weighted by Gasteiger charge is -2.00. The summed E-state index contributed by atoms with van der Waals surface area (Å²) in [7, 11) is 1.78. The summed E-state index contributed by atoms with van der Waals surface area (Å²) in [6.07, 6.45) is 3.45. The molecule has 2 aromatic heterocycles. The van der Waals surface area contributed by atoms with Gasteiger partial charge < -0.3 is 0 Å². The number of rotatable bonds is 4. The van der Waals surface area contributed by atoms with E-state index in [1.54, 1.807) is 28.7 Å². The second-order valence-corrected chi connectivity index (χ2v) is 3.47. The number of Topliss-reactive ketones (excluding diaryl/α,β-unsaturated/α-hetero) is 1. The first-order valence-electron chi connectivity index (χ1n) is 5.10. The Labute approximate surface area is 92.9 Å². The van der Waals surface area contributed by atoms with Gasteiger partial charge in [-0.3, -0.25) is 9.48 Å². The molecule has 0 unspecified atom stereocenters. The second kappa shape index (κ2) is 4.26. The lowest BCUT2D eigenvalue weighted by Crippen LogP contribution is -2.11. The molecule has 0 bridgehead atoms. The lowest BCUT2D eigenvalue weighted by molar-refractivity contribution is 0.0984. The Hall–Kier alpha value is -1.98. The van der Waals surface area contributed by atoms with Crippen LogP contribution in [0.2, 0.25) is 0 Å². The molecule has 0 atom stereocenters. The molecule has 2 heterocycles. The van der Waals surface area contributed by atoms with Crippen molar-refractivity contribution in [3.05, 3.63) is 30.1 Å². The monoisotopic (exact) mass is 219 g/mol. The maximum atomic E-state index is 11.8. The molecule has 0 saturated carbocycles. The molecular weight excluding hydrogens is 206 g/mol. The van der Waals surface area contributed by atoms with Crippen molar-refractivity contribution in [2.75, 3.05) is 0 Å². The molecule has 0 aliphatic heterocycles. The highest BCUT2D eigenvalue weighted by Gasteiger charge is 2.13. The highest BCUT2D eigenvalue weighted by atomic mass is 16.1. The summed E-state index contributed by atoms with van der Waals surface area (Å²) in [5.74, 6) is 0.640. The molecule has 0 radical (unpaired) electrons. The van der Waals surface area contributed by atoms with Gasteiger partial charge in [-0.1, -0.05) is 0 Å². The van der Waals surface area contributed by atoms with Gasteiger partial charge in [-0.15, -0.1) is 0 Å². The van der Waals surface area contributed by atoms with Crippen molar-refractivity contribution < 1.29 is 4.79 Å². The van der Waals surface area contributed by atoms with E-state index in [1.165, 1.54) is 6.33 Å². The largest absolute Gasteiger partial charge is 0.292 e. The Morgan fingerprint density at radius 3 is 2.94 bits per heavy atom. The van der Waals surface area contributed by atoms with Gasteiger partial charge in [-0.2, -0.15) is 10.2 Å². The third kappa shape index (κ3) is 2.00. The predicted molar refractivity (Wildman–Crippen MR) is 56.9 cm³/mol. The van der Waals surface area contributed by atoms with Gasteiger partial charge >= 0.3 is 0 Å². The number of nitrogens with zero attached hydrogens (tertiary/aromatic N) is 5. The molecule has 0 fully saturated rings. The van der Waals surface area contributed by atoms with Crippen LogP contribution in [0.4, 0.5) is 0 Å². The zero-order valence-corrected chi connectivity index (χ0v) is 9.29. The summed E-state index contributed by atoms with van der Waals surface area (Å²) in [6, 6.07) is 1.70. The van der Waals surface area contributed by atoms with E-state index in [2.05, 4.69) is 15.2 Å². The molecule has 0 amide bonds. The smallest absolute Gasteiger partial charge is 0.190 e. The molecule has 0 aliphatic carbocycles. The SMILES string of the molecule is CCn1ncnc1CC(=O)c1ccn(C)n1. The molecule has 84 valence electrons. The van der Waals surface area contributed by atoms with Crippen molar-refractivity contribution in [1.29, 1.82) is 0 Å². The van der Waals surface area contributed by atoms with Crippen LogP contribution in [-0.4, -0.2) is 30.3 Å². The minimum Gasteiger partial charge on any atom is -0.292 e. The molecule has 0 N–H and O–H groups in total. The van der Waals surface area contributed by atoms with Crippen LogP contribution in [0.5, 0.6) is 0 Å². The first-order valence-corrected chi connectivity index (χ1v) is 5.10. The minimum absolute atomic E-state index is 0.0386. The van der Waals surface area contributed by atoms with Crippen LogP contribution < -0.4 is 0 Å². The maximum absolute atomic E-state index is 11.8. The van der Waals surface area contributed by atoms with Gasteiger partial charge in [-0.25, -0.2) is 9.67 Å². The Balaban J connectivity index is 2.13. The van der Waals surface area contributed by atoms with Crippen molar-refractivity contribution in [3.63, 3.8) is 0 Å². The molecule has 0 saturated heterocycles. The zero-order valence-electron chi connectivity index (χ0n) is 9.29. The van der Waals surface area contributed by atoms with Gasteiger partial charge in [-0.05, 0) is 13.0 Å². The number of hydrogen-bond donors (Lipinski definition) is 0. The highest BCUT2D eigenvalue weighted by Crippen LogP contribution is 2.03. The van der Waals surface area contributed by atoms with Crippen LogP contribution in [0.15, 0.2) is 18.6 Å². The van der Waals surface area contributed by atoms with Gasteiger partial charge in [0.25, 0.3) is 0 Å². The molecule has 6 nitrogen and oxygen atoms in total. The van der Waals surface area contributed by atoms with E-state index in [4.69, 9.17) is 0 Å². The summed E-state index contributed by atoms with van der Waals surface area (Å²) in [5, 5.41) is 8.07. The number of carbonyl (C=O) groups is 1. The fourth-order valence-corrected chi connectivity index (χ4v) is 1.49. The molecule has 2 rings (SSSR count). The van der Waals surface area contributed by atoms with E-state index in [9.17, 15) is 4.79 Å². The number of carbonyl (C=O) groups excluding carboxylic acids is 1. The molecule has 0 aliphatic rings. The quantitative estimate of drug-likeness (QED) is 0.700. The summed E-state index contributed by atoms with van der Waals surface area (Å²) < 4.78 is 3.32. The number of ketones is 1. The van der Waals surface area contributed by atoms with Crippen LogP contribution in [-0.2, 0) is 20.0 Å². The van der Waals surface area contributed by atoms with Crippen molar-refractivity contribution in [1.82, 2.24) is 24.5 Å². The predicted octanol–water partition coefficient (Wildman–Crippen LogP) is 0.457. The van der Waals surface area contributed by atoms with E-state index in [1.807, 2.05) is 6.92 Å². The third-order valence-electron chi connectivity index (χ3n) is 2.31. The zero-order chi connectivity index (χ0) is 11.5. The summed E-state index contributed by atoms with van der Waals surface area (Å²) in [6.45, 7) is 2.67. The van der Waals surface area contributed by atoms with Gasteiger partial charge in [0.1, 0.15) is 17.8 Å². The van der Waals surface area contributed by atoms with Crippen LogP contribution in [0.25, 0.3) is 0 Å². The standard InChI is InChI=1S/C10H13N5O/c1-3-15-10(11-7-12-15)6-9(16)8-4-5-14(2)13-8/h4-5,7H,3,6H2,1-2H3. The molecule has 16 heavy (non-hydrogen) atoms. The van der Waals surface area contributed by atoms with E-state index >= 15 is 0 Å². The van der Waals surface area contributed by atoms with Crippen molar-refractivity contribution in [2.24, 2.45) is 7.05 Å². The van der Waals surface area contributed by atoms with E-state index in [0.717, 1.165) is 0 Å². The van der Waals surface area contributed by atoms with Crippen molar-refractivity contribution in [2.45, 2.75) is 19.9 Å². The van der Waals surface area contributed by atoms with E-state index in [0.29, 0.717) is 18.1 Å². The highest BCUT2D eigenvalue weighted by molar-refractivity contribution is 5.95. The normalized spacial score (nSPS) is 10.6. The number of aromatic nitrogens is 5. The van der Waals surface area contributed by atoms with Crippen LogP contribution in [0, 0.1) is 0 Å². The molecule has 6 heteroatoms. The second-order valence-electron chi connectivity index (χ2n) is 3.47. The Bertz CT molecular complexity index is 499. The first kappa shape index (κ1) is 10.5. The van der Waals surface area contributed by atoms with E-state index in [-0.39, 0.29) is 12.2 Å². The average Bonchev–Trinajstić information content (AvgIpc) is 2.86. The molecular formula is C10H13N5O. The van der Waals surface area contributed by atoms with Gasteiger partial charge in [0, 0.05) is 19.8 Å². The van der Waals surface area contributed by atoms with Gasteiger partial charge in [0.15, 0.2) is 5.78 Å². The maximum Gasteiger partial charge on any atom is 0.190 e. The Kier molecular flexibility index (Phi) is 2.80. The minimum atomic E-state index is -0.0386. The molecule has 2 aromatic rings. The van der Waals surface area contributed by atoms with Crippen molar-refractivity contribution in [3.8, 4) is 0 Å².